The molecule has 1 heterocycles. The Kier molecular flexibility index (Phi) is 4.22. The molecule has 0 atom stereocenters. The van der Waals surface area contributed by atoms with Crippen LogP contribution < -0.4 is 10.6 Å². The fraction of sp³-hybridized carbons (Fsp3) is 0.167. The summed E-state index contributed by atoms with van der Waals surface area (Å²) in [6.45, 7) is 3.53. The molecule has 0 aliphatic rings. The van der Waals surface area contributed by atoms with E-state index in [0.29, 0.717) is 16.9 Å². The Labute approximate surface area is 143 Å². The van der Waals surface area contributed by atoms with Crippen molar-refractivity contribution in [3.63, 3.8) is 0 Å². The van der Waals surface area contributed by atoms with Crippen LogP contribution >= 0.6 is 0 Å². The minimum absolute atomic E-state index is 0.386. The van der Waals surface area contributed by atoms with Crippen LogP contribution in [0.5, 0.6) is 0 Å². The molecule has 0 aliphatic carbocycles. The van der Waals surface area contributed by atoms with Gasteiger partial charge >= 0.3 is 11.8 Å². The number of nitrogens with one attached hydrogen (secondary N) is 2. The molecule has 0 radical (unpaired) electrons. The van der Waals surface area contributed by atoms with Gasteiger partial charge in [0.2, 0.25) is 0 Å². The lowest BCUT2D eigenvalue weighted by Gasteiger charge is -2.09. The van der Waals surface area contributed by atoms with Crippen LogP contribution in [0.15, 0.2) is 36.4 Å². The maximum atomic E-state index is 13.1. The highest BCUT2D eigenvalue weighted by molar-refractivity contribution is 6.43. The second-order valence-corrected chi connectivity index (χ2v) is 5.79. The molecule has 1 aromatic heterocycles. The maximum absolute atomic E-state index is 13.1. The van der Waals surface area contributed by atoms with Gasteiger partial charge in [0.1, 0.15) is 11.6 Å². The van der Waals surface area contributed by atoms with Crippen molar-refractivity contribution in [1.82, 2.24) is 9.55 Å². The van der Waals surface area contributed by atoms with Crippen LogP contribution in [0.1, 0.15) is 11.4 Å². The molecule has 0 unspecified atom stereocenters. The summed E-state index contributed by atoms with van der Waals surface area (Å²) in [6.07, 6.45) is 0. The number of nitrogens with zero attached hydrogens (tertiary/aromatic N) is 2. The van der Waals surface area contributed by atoms with Gasteiger partial charge < -0.3 is 15.2 Å². The van der Waals surface area contributed by atoms with E-state index in [1.54, 1.807) is 19.1 Å². The minimum atomic E-state index is -0.827. The number of fused-ring (bicyclic) bond motifs is 1. The number of amides is 2. The molecule has 6 nitrogen and oxygen atoms in total. The van der Waals surface area contributed by atoms with Gasteiger partial charge in [0.05, 0.1) is 11.0 Å². The summed E-state index contributed by atoms with van der Waals surface area (Å²) in [7, 11) is 1.90. The van der Waals surface area contributed by atoms with E-state index < -0.39 is 17.6 Å². The Hall–Kier alpha value is -3.22. The van der Waals surface area contributed by atoms with Crippen molar-refractivity contribution in [2.45, 2.75) is 13.8 Å². The summed E-state index contributed by atoms with van der Waals surface area (Å²) in [5, 5.41) is 5.01. The molecule has 128 valence electrons. The van der Waals surface area contributed by atoms with E-state index in [0.717, 1.165) is 16.9 Å². The molecule has 3 rings (SSSR count). The predicted molar refractivity (Wildman–Crippen MR) is 93.8 cm³/mol. The molecule has 0 spiro atoms. The van der Waals surface area contributed by atoms with Gasteiger partial charge in [0.15, 0.2) is 0 Å². The lowest BCUT2D eigenvalue weighted by Crippen LogP contribution is -2.29. The maximum Gasteiger partial charge on any atom is 0.314 e. The highest BCUT2D eigenvalue weighted by Gasteiger charge is 2.16. The fourth-order valence-corrected chi connectivity index (χ4v) is 2.53. The smallest absolute Gasteiger partial charge is 0.314 e. The summed E-state index contributed by atoms with van der Waals surface area (Å²) in [6, 6.07) is 9.16. The second-order valence-electron chi connectivity index (χ2n) is 5.79. The van der Waals surface area contributed by atoms with E-state index in [1.807, 2.05) is 24.6 Å². The zero-order chi connectivity index (χ0) is 18.1. The number of aromatic nitrogens is 2. The van der Waals surface area contributed by atoms with Gasteiger partial charge in [-0.15, -0.1) is 0 Å². The number of rotatable bonds is 2. The standard InChI is InChI=1S/C18H17FN4O2/c1-10-8-12(19)4-6-14(10)22-18(25)17(24)21-13-5-7-16-15(9-13)20-11(2)23(16)3/h4-9H,1-3H3,(H,21,24)(H,22,25). The van der Waals surface area contributed by atoms with Crippen LogP contribution in [-0.2, 0) is 16.6 Å². The summed E-state index contributed by atoms with van der Waals surface area (Å²) in [5.41, 5.74) is 3.06. The van der Waals surface area contributed by atoms with E-state index >= 15 is 0 Å². The van der Waals surface area contributed by atoms with Crippen LogP contribution in [-0.4, -0.2) is 21.4 Å². The normalized spacial score (nSPS) is 10.7. The SMILES string of the molecule is Cc1cc(F)ccc1NC(=O)C(=O)Nc1ccc2c(c1)nc(C)n2C. The van der Waals surface area contributed by atoms with Gasteiger partial charge in [-0.25, -0.2) is 9.37 Å². The number of carbonyl (C=O) groups is 2. The van der Waals surface area contributed by atoms with Crippen molar-refractivity contribution in [2.24, 2.45) is 7.05 Å². The van der Waals surface area contributed by atoms with Crippen LogP contribution in [0.4, 0.5) is 15.8 Å². The average molecular weight is 340 g/mol. The minimum Gasteiger partial charge on any atom is -0.331 e. The Morgan fingerprint density at radius 2 is 1.76 bits per heavy atom. The van der Waals surface area contributed by atoms with E-state index in [2.05, 4.69) is 15.6 Å². The van der Waals surface area contributed by atoms with Crippen molar-refractivity contribution in [3.05, 3.63) is 53.6 Å². The zero-order valence-electron chi connectivity index (χ0n) is 14.1. The van der Waals surface area contributed by atoms with E-state index in [4.69, 9.17) is 0 Å². The molecular weight excluding hydrogens is 323 g/mol. The number of carbonyl (C=O) groups excluding carboxylic acids is 2. The number of imidazole rings is 1. The lowest BCUT2D eigenvalue weighted by atomic mass is 10.2. The van der Waals surface area contributed by atoms with E-state index in [-0.39, 0.29) is 0 Å². The van der Waals surface area contributed by atoms with Gasteiger partial charge in [-0.1, -0.05) is 0 Å². The fourth-order valence-electron chi connectivity index (χ4n) is 2.53. The molecule has 25 heavy (non-hydrogen) atoms. The molecular formula is C18H17FN4O2. The Morgan fingerprint density at radius 3 is 2.48 bits per heavy atom. The Morgan fingerprint density at radius 1 is 1.04 bits per heavy atom. The van der Waals surface area contributed by atoms with Gasteiger partial charge in [-0.2, -0.15) is 0 Å². The Bertz CT molecular complexity index is 994. The molecule has 2 N–H and O–H groups in total. The number of benzene rings is 2. The molecule has 3 aromatic rings. The number of halogens is 1. The molecule has 2 amide bonds. The van der Waals surface area contributed by atoms with Crippen molar-refractivity contribution < 1.29 is 14.0 Å². The molecule has 2 aromatic carbocycles. The number of aryl methyl sites for hydroxylation is 3. The molecule has 0 saturated heterocycles. The summed E-state index contributed by atoms with van der Waals surface area (Å²) in [4.78, 5) is 28.5. The summed E-state index contributed by atoms with van der Waals surface area (Å²) < 4.78 is 15.0. The van der Waals surface area contributed by atoms with Gasteiger partial charge in [0, 0.05) is 18.4 Å². The zero-order valence-corrected chi connectivity index (χ0v) is 14.1. The number of anilines is 2. The van der Waals surface area contributed by atoms with Crippen LogP contribution in [0.25, 0.3) is 11.0 Å². The molecule has 0 saturated carbocycles. The first-order valence-electron chi connectivity index (χ1n) is 7.66. The van der Waals surface area contributed by atoms with Gasteiger partial charge in [-0.3, -0.25) is 9.59 Å². The van der Waals surface area contributed by atoms with Crippen LogP contribution in [0, 0.1) is 19.7 Å². The predicted octanol–water partition coefficient (Wildman–Crippen LogP) is 2.91. The number of hydrogen-bond donors (Lipinski definition) is 2. The topological polar surface area (TPSA) is 76.0 Å². The first-order valence-corrected chi connectivity index (χ1v) is 7.66. The van der Waals surface area contributed by atoms with Crippen molar-refractivity contribution in [2.75, 3.05) is 10.6 Å². The van der Waals surface area contributed by atoms with Crippen molar-refractivity contribution in [1.29, 1.82) is 0 Å². The summed E-state index contributed by atoms with van der Waals surface area (Å²) >= 11 is 0. The van der Waals surface area contributed by atoms with Crippen LogP contribution in [0.2, 0.25) is 0 Å². The van der Waals surface area contributed by atoms with E-state index in [1.165, 1.54) is 18.2 Å². The Balaban J connectivity index is 1.74. The third kappa shape index (κ3) is 3.35. The molecule has 7 heteroatoms. The third-order valence-electron chi connectivity index (χ3n) is 4.01. The monoisotopic (exact) mass is 340 g/mol. The quantitative estimate of drug-likeness (QED) is 0.704. The highest BCUT2D eigenvalue weighted by atomic mass is 19.1. The first kappa shape index (κ1) is 16.6. The number of hydrogen-bond acceptors (Lipinski definition) is 3. The van der Waals surface area contributed by atoms with E-state index in [9.17, 15) is 14.0 Å². The van der Waals surface area contributed by atoms with Crippen molar-refractivity contribution in [3.8, 4) is 0 Å². The third-order valence-corrected chi connectivity index (χ3v) is 4.01. The average Bonchev–Trinajstić information content (AvgIpc) is 2.84. The molecule has 0 aliphatic heterocycles. The second kappa shape index (κ2) is 6.35. The lowest BCUT2D eigenvalue weighted by molar-refractivity contribution is -0.133. The molecule has 0 bridgehead atoms. The van der Waals surface area contributed by atoms with Gasteiger partial charge in [-0.05, 0) is 55.8 Å². The highest BCUT2D eigenvalue weighted by Crippen LogP contribution is 2.20. The van der Waals surface area contributed by atoms with Crippen LogP contribution in [0.3, 0.4) is 0 Å². The van der Waals surface area contributed by atoms with Crippen molar-refractivity contribution >= 4 is 34.2 Å². The molecule has 0 fully saturated rings. The first-order chi connectivity index (χ1) is 11.8. The largest absolute Gasteiger partial charge is 0.331 e. The van der Waals surface area contributed by atoms with Gasteiger partial charge in [0.25, 0.3) is 0 Å². The summed E-state index contributed by atoms with van der Waals surface area (Å²) in [5.74, 6) is -1.19.